The Morgan fingerprint density at radius 2 is 0.893 bits per heavy atom. The summed E-state index contributed by atoms with van der Waals surface area (Å²) in [5.74, 6) is 0. The van der Waals surface area contributed by atoms with E-state index in [1.807, 2.05) is 11.3 Å². The average molecular weight is 727 g/mol. The van der Waals surface area contributed by atoms with Crippen LogP contribution in [0.1, 0.15) is 5.56 Å². The Labute approximate surface area is 329 Å². The molecule has 56 heavy (non-hydrogen) atoms. The van der Waals surface area contributed by atoms with Crippen molar-refractivity contribution in [1.82, 2.24) is 0 Å². The topological polar surface area (TPSA) is 0 Å². The van der Waals surface area contributed by atoms with Crippen LogP contribution in [0.4, 0.5) is 0 Å². The minimum absolute atomic E-state index is 1.24. The van der Waals surface area contributed by atoms with Crippen molar-refractivity contribution >= 4 is 63.8 Å². The molecule has 12 rings (SSSR count). The number of benzene rings is 10. The highest BCUT2D eigenvalue weighted by atomic mass is 32.1. The summed E-state index contributed by atoms with van der Waals surface area (Å²) in [7, 11) is 0. The van der Waals surface area contributed by atoms with E-state index in [0.717, 1.165) is 0 Å². The molecule has 1 heterocycles. The third-order valence-electron chi connectivity index (χ3n) is 12.1. The predicted octanol–water partition coefficient (Wildman–Crippen LogP) is 16.1. The van der Waals surface area contributed by atoms with E-state index in [-0.39, 0.29) is 0 Å². The first kappa shape index (κ1) is 31.5. The van der Waals surface area contributed by atoms with E-state index in [2.05, 4.69) is 195 Å². The molecule has 0 aliphatic heterocycles. The molecule has 0 atom stereocenters. The van der Waals surface area contributed by atoms with Gasteiger partial charge < -0.3 is 0 Å². The van der Waals surface area contributed by atoms with Crippen LogP contribution in [0.3, 0.4) is 0 Å². The average Bonchev–Trinajstić information content (AvgIpc) is 3.79. The summed E-state index contributed by atoms with van der Waals surface area (Å²) >= 11 is 1.92. The summed E-state index contributed by atoms with van der Waals surface area (Å²) < 4.78 is 2.66. The Bertz CT molecular complexity index is 3390. The minimum atomic E-state index is 1.24. The van der Waals surface area contributed by atoms with Gasteiger partial charge in [0.1, 0.15) is 0 Å². The maximum absolute atomic E-state index is 2.43. The molecule has 0 fully saturated rings. The molecule has 0 saturated carbocycles. The van der Waals surface area contributed by atoms with Crippen LogP contribution in [0.25, 0.3) is 119 Å². The van der Waals surface area contributed by atoms with Gasteiger partial charge in [-0.2, -0.15) is 0 Å². The highest BCUT2D eigenvalue weighted by Crippen LogP contribution is 2.59. The van der Waals surface area contributed by atoms with Gasteiger partial charge in [0.05, 0.1) is 0 Å². The molecule has 0 nitrogen and oxygen atoms in total. The van der Waals surface area contributed by atoms with Gasteiger partial charge in [-0.15, -0.1) is 11.3 Å². The number of hydrogen-bond acceptors (Lipinski definition) is 1. The van der Waals surface area contributed by atoms with Gasteiger partial charge in [-0.05, 0) is 119 Å². The molecule has 260 valence electrons. The van der Waals surface area contributed by atoms with Crippen molar-refractivity contribution in [2.45, 2.75) is 6.92 Å². The van der Waals surface area contributed by atoms with Crippen LogP contribution in [-0.4, -0.2) is 0 Å². The van der Waals surface area contributed by atoms with Gasteiger partial charge >= 0.3 is 0 Å². The first-order valence-electron chi connectivity index (χ1n) is 19.4. The van der Waals surface area contributed by atoms with Crippen molar-refractivity contribution < 1.29 is 0 Å². The SMILES string of the molecule is Cc1ccc(-c2c3c(c(-c4ccccc4)c4ccccc24)-c2cccc4c(-c5c6ccccc6cc6c5sc5ccc(-c7ccccc7)cc56)ccc-3c24)cc1. The first-order chi connectivity index (χ1) is 27.7. The van der Waals surface area contributed by atoms with E-state index in [4.69, 9.17) is 0 Å². The van der Waals surface area contributed by atoms with E-state index in [0.29, 0.717) is 0 Å². The molecule has 0 spiro atoms. The predicted molar refractivity (Wildman–Crippen MR) is 243 cm³/mol. The third kappa shape index (κ3) is 4.53. The Kier molecular flexibility index (Phi) is 6.82. The van der Waals surface area contributed by atoms with Crippen LogP contribution >= 0.6 is 11.3 Å². The van der Waals surface area contributed by atoms with Gasteiger partial charge in [-0.3, -0.25) is 0 Å². The highest BCUT2D eigenvalue weighted by molar-refractivity contribution is 7.26. The van der Waals surface area contributed by atoms with Gasteiger partial charge in [-0.1, -0.05) is 175 Å². The molecule has 0 saturated heterocycles. The van der Waals surface area contributed by atoms with E-state index >= 15 is 0 Å². The number of aryl methyl sites for hydroxylation is 1. The summed E-state index contributed by atoms with van der Waals surface area (Å²) in [5.41, 5.74) is 16.8. The largest absolute Gasteiger partial charge is 0.135 e. The second kappa shape index (κ2) is 12.1. The molecule has 0 radical (unpaired) electrons. The number of thiophene rings is 1. The smallest absolute Gasteiger partial charge is 0.0440 e. The molecule has 0 bridgehead atoms. The van der Waals surface area contributed by atoms with Gasteiger partial charge in [0.2, 0.25) is 0 Å². The molecule has 10 aromatic carbocycles. The van der Waals surface area contributed by atoms with Crippen molar-refractivity contribution in [1.29, 1.82) is 0 Å². The maximum Gasteiger partial charge on any atom is 0.0440 e. The van der Waals surface area contributed by atoms with Gasteiger partial charge in [-0.25, -0.2) is 0 Å². The lowest BCUT2D eigenvalue weighted by Crippen LogP contribution is -1.93. The molecule has 0 amide bonds. The Morgan fingerprint density at radius 1 is 0.321 bits per heavy atom. The van der Waals surface area contributed by atoms with Crippen molar-refractivity contribution in [2.24, 2.45) is 0 Å². The van der Waals surface area contributed by atoms with Crippen molar-refractivity contribution in [3.8, 4) is 66.8 Å². The zero-order valence-corrected chi connectivity index (χ0v) is 31.6. The summed E-state index contributed by atoms with van der Waals surface area (Å²) in [6, 6.07) is 70.2. The van der Waals surface area contributed by atoms with Crippen LogP contribution in [0, 0.1) is 6.92 Å². The Hall–Kier alpha value is -6.80. The van der Waals surface area contributed by atoms with E-state index in [1.165, 1.54) is 125 Å². The van der Waals surface area contributed by atoms with Crippen LogP contribution in [-0.2, 0) is 0 Å². The molecular formula is C55H34S. The Morgan fingerprint density at radius 3 is 1.62 bits per heavy atom. The molecule has 1 heteroatoms. The van der Waals surface area contributed by atoms with Gasteiger partial charge in [0.15, 0.2) is 0 Å². The number of fused-ring (bicyclic) bond motifs is 8. The number of hydrogen-bond donors (Lipinski definition) is 0. The van der Waals surface area contributed by atoms with E-state index < -0.39 is 0 Å². The summed E-state index contributed by atoms with van der Waals surface area (Å²) in [4.78, 5) is 0. The Balaban J connectivity index is 1.20. The standard InChI is InChI=1S/C55H34S/c1-33-23-25-36(26-24-33)50-41-20-11-10-19-40(41)49(35-15-6-3-7-16-35)53-44-22-12-21-42-43(28-29-45(51(42)44)54(50)53)52-39-18-9-8-17-38(39)32-47-46-31-37(34-13-4-2-5-14-34)27-30-48(46)56-55(47)52/h2-32H,1H3. The van der Waals surface area contributed by atoms with E-state index in [9.17, 15) is 0 Å². The molecule has 1 aliphatic rings. The van der Waals surface area contributed by atoms with Gasteiger partial charge in [0, 0.05) is 25.7 Å². The highest BCUT2D eigenvalue weighted by Gasteiger charge is 2.31. The summed E-state index contributed by atoms with van der Waals surface area (Å²) in [6.07, 6.45) is 0. The normalized spacial score (nSPS) is 12.0. The molecule has 0 N–H and O–H groups in total. The minimum Gasteiger partial charge on any atom is -0.135 e. The van der Waals surface area contributed by atoms with Crippen LogP contribution in [0.5, 0.6) is 0 Å². The van der Waals surface area contributed by atoms with Crippen molar-refractivity contribution in [3.05, 3.63) is 194 Å². The number of rotatable bonds is 4. The lowest BCUT2D eigenvalue weighted by molar-refractivity contribution is 1.47. The lowest BCUT2D eigenvalue weighted by atomic mass is 9.82. The van der Waals surface area contributed by atoms with Crippen LogP contribution in [0.2, 0.25) is 0 Å². The van der Waals surface area contributed by atoms with Gasteiger partial charge in [0.25, 0.3) is 0 Å². The zero-order valence-electron chi connectivity index (χ0n) is 30.8. The monoisotopic (exact) mass is 726 g/mol. The summed E-state index contributed by atoms with van der Waals surface area (Å²) in [5, 5.41) is 10.4. The summed E-state index contributed by atoms with van der Waals surface area (Å²) in [6.45, 7) is 2.17. The fraction of sp³-hybridized carbons (Fsp3) is 0.0182. The van der Waals surface area contributed by atoms with Crippen molar-refractivity contribution in [3.63, 3.8) is 0 Å². The third-order valence-corrected chi connectivity index (χ3v) is 13.3. The second-order valence-electron chi connectivity index (χ2n) is 15.2. The fourth-order valence-electron chi connectivity index (χ4n) is 9.59. The first-order valence-corrected chi connectivity index (χ1v) is 20.2. The fourth-order valence-corrected chi connectivity index (χ4v) is 10.8. The van der Waals surface area contributed by atoms with E-state index in [1.54, 1.807) is 0 Å². The quantitative estimate of drug-likeness (QED) is 0.169. The molecule has 1 aliphatic carbocycles. The maximum atomic E-state index is 2.43. The van der Waals surface area contributed by atoms with Crippen LogP contribution in [0.15, 0.2) is 188 Å². The van der Waals surface area contributed by atoms with Crippen molar-refractivity contribution in [2.75, 3.05) is 0 Å². The lowest BCUT2D eigenvalue weighted by Gasteiger charge is -2.20. The second-order valence-corrected chi connectivity index (χ2v) is 16.2. The van der Waals surface area contributed by atoms with Crippen LogP contribution < -0.4 is 0 Å². The molecule has 0 unspecified atom stereocenters. The molecular weight excluding hydrogens is 693 g/mol. The molecule has 1 aromatic heterocycles. The molecule has 11 aromatic rings. The zero-order chi connectivity index (χ0) is 36.9.